The number of phenolic OH excluding ortho intramolecular Hbond substituents is 1. The van der Waals surface area contributed by atoms with Gasteiger partial charge in [0.05, 0.1) is 12.7 Å². The van der Waals surface area contributed by atoms with E-state index in [2.05, 4.69) is 10.2 Å². The van der Waals surface area contributed by atoms with Gasteiger partial charge in [0.15, 0.2) is 5.78 Å². The van der Waals surface area contributed by atoms with E-state index in [0.29, 0.717) is 17.9 Å². The summed E-state index contributed by atoms with van der Waals surface area (Å²) in [6.07, 6.45) is 3.27. The molecule has 5 heteroatoms. The molecule has 1 aliphatic heterocycles. The predicted octanol–water partition coefficient (Wildman–Crippen LogP) is 3.01. The van der Waals surface area contributed by atoms with Crippen molar-refractivity contribution in [3.05, 3.63) is 64.7 Å². The van der Waals surface area contributed by atoms with Crippen molar-refractivity contribution < 1.29 is 14.6 Å². The number of phenols is 1. The van der Waals surface area contributed by atoms with E-state index in [1.165, 1.54) is 17.7 Å². The van der Waals surface area contributed by atoms with Crippen LogP contribution in [0.5, 0.6) is 11.5 Å². The number of ether oxygens (including phenoxy) is 1. The number of rotatable bonds is 6. The van der Waals surface area contributed by atoms with Gasteiger partial charge in [0.2, 0.25) is 0 Å². The Kier molecular flexibility index (Phi) is 6.27. The zero-order valence-corrected chi connectivity index (χ0v) is 15.9. The van der Waals surface area contributed by atoms with Gasteiger partial charge in [-0.15, -0.1) is 0 Å². The number of carbonyl (C=O) groups is 1. The molecule has 0 atom stereocenters. The highest BCUT2D eigenvalue weighted by Gasteiger charge is 2.17. The molecule has 2 aromatic rings. The van der Waals surface area contributed by atoms with E-state index < -0.39 is 0 Å². The van der Waals surface area contributed by atoms with Crippen molar-refractivity contribution in [3.8, 4) is 11.5 Å². The Morgan fingerprint density at radius 2 is 1.93 bits per heavy atom. The molecule has 3 rings (SSSR count). The van der Waals surface area contributed by atoms with Crippen molar-refractivity contribution in [1.82, 2.24) is 10.2 Å². The number of ketones is 1. The summed E-state index contributed by atoms with van der Waals surface area (Å²) in [5.74, 6) is 0.317. The van der Waals surface area contributed by atoms with Gasteiger partial charge >= 0.3 is 0 Å². The summed E-state index contributed by atoms with van der Waals surface area (Å²) < 4.78 is 5.41. The number of carbonyl (C=O) groups excluding carboxylic acids is 1. The molecule has 2 aromatic carbocycles. The van der Waals surface area contributed by atoms with Crippen LogP contribution in [0, 0.1) is 6.92 Å². The van der Waals surface area contributed by atoms with E-state index in [4.69, 9.17) is 4.74 Å². The molecule has 1 saturated heterocycles. The fourth-order valence-corrected chi connectivity index (χ4v) is 3.17. The molecule has 0 aromatic heterocycles. The van der Waals surface area contributed by atoms with Gasteiger partial charge in [0.1, 0.15) is 11.5 Å². The normalized spacial score (nSPS) is 15.2. The van der Waals surface area contributed by atoms with E-state index in [1.54, 1.807) is 19.3 Å². The summed E-state index contributed by atoms with van der Waals surface area (Å²) in [4.78, 5) is 14.9. The lowest BCUT2D eigenvalue weighted by molar-refractivity contribution is 0.104. The molecule has 2 N–H and O–H groups in total. The van der Waals surface area contributed by atoms with Crippen molar-refractivity contribution in [3.63, 3.8) is 0 Å². The first-order chi connectivity index (χ1) is 13.1. The predicted molar refractivity (Wildman–Crippen MR) is 107 cm³/mol. The first-order valence-corrected chi connectivity index (χ1v) is 9.19. The van der Waals surface area contributed by atoms with E-state index in [1.807, 2.05) is 31.2 Å². The lowest BCUT2D eigenvalue weighted by atomic mass is 10.0. The third-order valence-corrected chi connectivity index (χ3v) is 4.77. The molecule has 0 spiro atoms. The highest BCUT2D eigenvalue weighted by molar-refractivity contribution is 6.08. The summed E-state index contributed by atoms with van der Waals surface area (Å²) in [5, 5.41) is 13.6. The summed E-state index contributed by atoms with van der Waals surface area (Å²) in [5.41, 5.74) is 3.32. The van der Waals surface area contributed by atoms with Crippen molar-refractivity contribution in [2.24, 2.45) is 0 Å². The van der Waals surface area contributed by atoms with Crippen LogP contribution >= 0.6 is 0 Å². The second kappa shape index (κ2) is 8.84. The molecule has 1 heterocycles. The van der Waals surface area contributed by atoms with Crippen LogP contribution in [0.15, 0.2) is 42.5 Å². The molecule has 0 saturated carbocycles. The summed E-state index contributed by atoms with van der Waals surface area (Å²) in [6.45, 7) is 6.50. The Labute approximate surface area is 160 Å². The highest BCUT2D eigenvalue weighted by atomic mass is 16.5. The standard InChI is InChI=1S/C22H26N2O3/c1-16-3-5-17(6-4-16)7-8-20(25)19-13-18(22(27-2)14-21(19)26)15-24-11-9-23-10-12-24/h3-8,13-14,23,26H,9-12,15H2,1-2H3/b8-7+. The number of hydrogen-bond donors (Lipinski definition) is 2. The minimum absolute atomic E-state index is 0.0607. The number of hydrogen-bond acceptors (Lipinski definition) is 5. The maximum atomic E-state index is 12.6. The van der Waals surface area contributed by atoms with Crippen LogP contribution in [0.2, 0.25) is 0 Å². The van der Waals surface area contributed by atoms with Crippen LogP contribution < -0.4 is 10.1 Å². The SMILES string of the molecule is COc1cc(O)c(C(=O)/C=C/c2ccc(C)cc2)cc1CN1CCNCC1. The molecule has 5 nitrogen and oxygen atoms in total. The minimum atomic E-state index is -0.225. The number of aryl methyl sites for hydroxylation is 1. The zero-order valence-electron chi connectivity index (χ0n) is 15.9. The number of piperazine rings is 1. The average molecular weight is 366 g/mol. The van der Waals surface area contributed by atoms with Crippen LogP contribution in [-0.2, 0) is 6.54 Å². The van der Waals surface area contributed by atoms with Crippen molar-refractivity contribution in [2.75, 3.05) is 33.3 Å². The monoisotopic (exact) mass is 366 g/mol. The molecule has 0 radical (unpaired) electrons. The Morgan fingerprint density at radius 1 is 1.22 bits per heavy atom. The molecule has 0 aliphatic carbocycles. The van der Waals surface area contributed by atoms with Gasteiger partial charge in [-0.2, -0.15) is 0 Å². The third kappa shape index (κ3) is 4.96. The third-order valence-electron chi connectivity index (χ3n) is 4.77. The van der Waals surface area contributed by atoms with Crippen LogP contribution in [0.1, 0.15) is 27.0 Å². The van der Waals surface area contributed by atoms with Crippen molar-refractivity contribution >= 4 is 11.9 Å². The minimum Gasteiger partial charge on any atom is -0.507 e. The first-order valence-electron chi connectivity index (χ1n) is 9.19. The van der Waals surface area contributed by atoms with Gasteiger partial charge in [-0.1, -0.05) is 35.9 Å². The van der Waals surface area contributed by atoms with Crippen LogP contribution in [0.4, 0.5) is 0 Å². The Morgan fingerprint density at radius 3 is 2.59 bits per heavy atom. The molecule has 0 unspecified atom stereocenters. The molecule has 1 aliphatic rings. The van der Waals surface area contributed by atoms with Gasteiger partial charge < -0.3 is 15.2 Å². The second-order valence-electron chi connectivity index (χ2n) is 6.82. The largest absolute Gasteiger partial charge is 0.507 e. The molecule has 0 bridgehead atoms. The maximum absolute atomic E-state index is 12.6. The molecule has 0 amide bonds. The van der Waals surface area contributed by atoms with Crippen molar-refractivity contribution in [2.45, 2.75) is 13.5 Å². The second-order valence-corrected chi connectivity index (χ2v) is 6.82. The summed E-state index contributed by atoms with van der Waals surface area (Å²) in [6, 6.07) is 11.2. The number of nitrogens with one attached hydrogen (secondary N) is 1. The molecule has 142 valence electrons. The molecule has 1 fully saturated rings. The van der Waals surface area contributed by atoms with E-state index in [9.17, 15) is 9.90 Å². The van der Waals surface area contributed by atoms with Crippen LogP contribution in [0.3, 0.4) is 0 Å². The lowest BCUT2D eigenvalue weighted by Crippen LogP contribution is -2.42. The zero-order chi connectivity index (χ0) is 19.2. The van der Waals surface area contributed by atoms with E-state index >= 15 is 0 Å². The fraction of sp³-hybridized carbons (Fsp3) is 0.318. The van der Waals surface area contributed by atoms with Gasteiger partial charge in [0.25, 0.3) is 0 Å². The number of methoxy groups -OCH3 is 1. The van der Waals surface area contributed by atoms with Crippen LogP contribution in [-0.4, -0.2) is 49.1 Å². The number of nitrogens with zero attached hydrogens (tertiary/aromatic N) is 1. The fourth-order valence-electron chi connectivity index (χ4n) is 3.17. The maximum Gasteiger partial charge on any atom is 0.189 e. The van der Waals surface area contributed by atoms with Crippen molar-refractivity contribution in [1.29, 1.82) is 0 Å². The first kappa shape index (κ1) is 19.1. The van der Waals surface area contributed by atoms with Gasteiger partial charge in [-0.3, -0.25) is 9.69 Å². The van der Waals surface area contributed by atoms with Crippen LogP contribution in [0.25, 0.3) is 6.08 Å². The molecular formula is C22H26N2O3. The topological polar surface area (TPSA) is 61.8 Å². The average Bonchev–Trinajstić information content (AvgIpc) is 2.69. The smallest absolute Gasteiger partial charge is 0.189 e. The Balaban J connectivity index is 1.81. The lowest BCUT2D eigenvalue weighted by Gasteiger charge is -2.28. The molecular weight excluding hydrogens is 340 g/mol. The quantitative estimate of drug-likeness (QED) is 0.608. The van der Waals surface area contributed by atoms with Gasteiger partial charge in [-0.25, -0.2) is 0 Å². The van der Waals surface area contributed by atoms with Gasteiger partial charge in [0, 0.05) is 44.4 Å². The number of aromatic hydroxyl groups is 1. The highest BCUT2D eigenvalue weighted by Crippen LogP contribution is 2.30. The number of allylic oxidation sites excluding steroid dienone is 1. The van der Waals surface area contributed by atoms with E-state index in [0.717, 1.165) is 37.3 Å². The summed E-state index contributed by atoms with van der Waals surface area (Å²) >= 11 is 0. The Bertz CT molecular complexity index is 822. The van der Waals surface area contributed by atoms with Gasteiger partial charge in [-0.05, 0) is 24.6 Å². The number of benzene rings is 2. The summed E-state index contributed by atoms with van der Waals surface area (Å²) in [7, 11) is 1.58. The van der Waals surface area contributed by atoms with E-state index in [-0.39, 0.29) is 11.5 Å². The Hall–Kier alpha value is -2.63. The molecule has 27 heavy (non-hydrogen) atoms.